The van der Waals surface area contributed by atoms with Gasteiger partial charge in [0.05, 0.1) is 5.56 Å². The van der Waals surface area contributed by atoms with Gasteiger partial charge in [0.25, 0.3) is 0 Å². The largest absolute Gasteiger partial charge is 0.478 e. The Labute approximate surface area is 134 Å². The first-order valence-electron chi connectivity index (χ1n) is 7.63. The van der Waals surface area contributed by atoms with Crippen LogP contribution in [0.1, 0.15) is 35.7 Å². The molecule has 7 heteroatoms. The molecule has 3 N–H and O–H groups in total. The quantitative estimate of drug-likeness (QED) is 0.759. The number of nitrogens with zero attached hydrogens (tertiary/aromatic N) is 1. The van der Waals surface area contributed by atoms with E-state index in [2.05, 4.69) is 10.6 Å². The molecule has 124 valence electrons. The molecule has 0 unspecified atom stereocenters. The van der Waals surface area contributed by atoms with Crippen LogP contribution in [0.25, 0.3) is 0 Å². The lowest BCUT2D eigenvalue weighted by Crippen LogP contribution is -2.49. The molecular formula is C16H21N3O4. The molecule has 1 aliphatic heterocycles. The Morgan fingerprint density at radius 3 is 2.35 bits per heavy atom. The fourth-order valence-electron chi connectivity index (χ4n) is 2.47. The summed E-state index contributed by atoms with van der Waals surface area (Å²) in [5.41, 5.74) is 0.978. The highest BCUT2D eigenvalue weighted by atomic mass is 16.4. The molecule has 2 rings (SSSR count). The zero-order valence-corrected chi connectivity index (χ0v) is 13.0. The monoisotopic (exact) mass is 319 g/mol. The number of rotatable bonds is 5. The van der Waals surface area contributed by atoms with E-state index in [4.69, 9.17) is 5.11 Å². The van der Waals surface area contributed by atoms with Crippen LogP contribution in [0.3, 0.4) is 0 Å². The Balaban J connectivity index is 1.77. The molecule has 0 bridgehead atoms. The Kier molecular flexibility index (Phi) is 5.56. The Morgan fingerprint density at radius 1 is 1.17 bits per heavy atom. The van der Waals surface area contributed by atoms with Gasteiger partial charge in [-0.2, -0.15) is 0 Å². The van der Waals surface area contributed by atoms with Crippen molar-refractivity contribution in [3.8, 4) is 0 Å². The van der Waals surface area contributed by atoms with E-state index in [9.17, 15) is 14.4 Å². The van der Waals surface area contributed by atoms with Crippen molar-refractivity contribution in [3.05, 3.63) is 35.4 Å². The van der Waals surface area contributed by atoms with Gasteiger partial charge in [-0.25, -0.2) is 9.59 Å². The van der Waals surface area contributed by atoms with Crippen LogP contribution in [0.15, 0.2) is 24.3 Å². The molecule has 1 aliphatic rings. The third-order valence-electron chi connectivity index (χ3n) is 3.79. The standard InChI is InChI=1S/C16H21N3O4/c1-11(14(20)19-8-2-3-9-19)18-16(23)17-10-12-4-6-13(7-5-12)15(21)22/h4-7,11H,2-3,8-10H2,1H3,(H,21,22)(H2,17,18,23)/t11-/m0/s1. The number of carbonyl (C=O) groups is 3. The summed E-state index contributed by atoms with van der Waals surface area (Å²) in [6.07, 6.45) is 2.02. The molecule has 0 aliphatic carbocycles. The van der Waals surface area contributed by atoms with Gasteiger partial charge in [-0.1, -0.05) is 12.1 Å². The second kappa shape index (κ2) is 7.62. The summed E-state index contributed by atoms with van der Waals surface area (Å²) in [7, 11) is 0. The van der Waals surface area contributed by atoms with Crippen LogP contribution in [0, 0.1) is 0 Å². The van der Waals surface area contributed by atoms with Crippen molar-refractivity contribution in [2.75, 3.05) is 13.1 Å². The Bertz CT molecular complexity index is 579. The number of carboxylic acids is 1. The summed E-state index contributed by atoms with van der Waals surface area (Å²) in [5, 5.41) is 14.1. The number of likely N-dealkylation sites (tertiary alicyclic amines) is 1. The highest BCUT2D eigenvalue weighted by Gasteiger charge is 2.24. The average molecular weight is 319 g/mol. The molecule has 23 heavy (non-hydrogen) atoms. The summed E-state index contributed by atoms with van der Waals surface area (Å²) in [6.45, 7) is 3.43. The van der Waals surface area contributed by atoms with Crippen molar-refractivity contribution >= 4 is 17.9 Å². The number of hydrogen-bond donors (Lipinski definition) is 3. The lowest BCUT2D eigenvalue weighted by atomic mass is 10.1. The van der Waals surface area contributed by atoms with Crippen molar-refractivity contribution in [1.82, 2.24) is 15.5 Å². The molecule has 1 saturated heterocycles. The van der Waals surface area contributed by atoms with Crippen molar-refractivity contribution in [3.63, 3.8) is 0 Å². The maximum Gasteiger partial charge on any atom is 0.335 e. The van der Waals surface area contributed by atoms with Gasteiger partial charge < -0.3 is 20.6 Å². The normalized spacial score (nSPS) is 15.1. The number of amides is 3. The molecule has 7 nitrogen and oxygen atoms in total. The van der Waals surface area contributed by atoms with Gasteiger partial charge >= 0.3 is 12.0 Å². The van der Waals surface area contributed by atoms with Crippen LogP contribution in [0.4, 0.5) is 4.79 Å². The van der Waals surface area contributed by atoms with Gasteiger partial charge in [-0.15, -0.1) is 0 Å². The fraction of sp³-hybridized carbons (Fsp3) is 0.438. The number of nitrogens with one attached hydrogen (secondary N) is 2. The van der Waals surface area contributed by atoms with E-state index in [0.717, 1.165) is 31.5 Å². The predicted molar refractivity (Wildman–Crippen MR) is 84.0 cm³/mol. The molecule has 1 aromatic rings. The minimum atomic E-state index is -0.989. The van der Waals surface area contributed by atoms with E-state index in [-0.39, 0.29) is 18.0 Å². The lowest BCUT2D eigenvalue weighted by molar-refractivity contribution is -0.131. The van der Waals surface area contributed by atoms with Gasteiger partial charge in [0.2, 0.25) is 5.91 Å². The molecule has 0 saturated carbocycles. The van der Waals surface area contributed by atoms with Gasteiger partial charge in [-0.3, -0.25) is 4.79 Å². The summed E-state index contributed by atoms with van der Waals surface area (Å²) >= 11 is 0. The average Bonchev–Trinajstić information content (AvgIpc) is 3.06. The SMILES string of the molecule is C[C@H](NC(=O)NCc1ccc(C(=O)O)cc1)C(=O)N1CCCC1. The van der Waals surface area contributed by atoms with E-state index in [0.29, 0.717) is 0 Å². The minimum absolute atomic E-state index is 0.0662. The second-order valence-electron chi connectivity index (χ2n) is 5.58. The fourth-order valence-corrected chi connectivity index (χ4v) is 2.47. The molecular weight excluding hydrogens is 298 g/mol. The number of urea groups is 1. The van der Waals surface area contributed by atoms with Gasteiger partial charge in [0.1, 0.15) is 6.04 Å². The van der Waals surface area contributed by atoms with Crippen molar-refractivity contribution in [2.45, 2.75) is 32.4 Å². The number of hydrogen-bond acceptors (Lipinski definition) is 3. The maximum atomic E-state index is 12.1. The highest BCUT2D eigenvalue weighted by Crippen LogP contribution is 2.09. The third-order valence-corrected chi connectivity index (χ3v) is 3.79. The van der Waals surface area contributed by atoms with E-state index in [1.807, 2.05) is 0 Å². The van der Waals surface area contributed by atoms with Crippen molar-refractivity contribution < 1.29 is 19.5 Å². The van der Waals surface area contributed by atoms with Crippen LogP contribution in [0.2, 0.25) is 0 Å². The van der Waals surface area contributed by atoms with Crippen LogP contribution < -0.4 is 10.6 Å². The number of carboxylic acid groups (broad SMARTS) is 1. The van der Waals surface area contributed by atoms with Crippen LogP contribution in [-0.2, 0) is 11.3 Å². The topological polar surface area (TPSA) is 98.7 Å². The van der Waals surface area contributed by atoms with E-state index in [1.54, 1.807) is 24.0 Å². The molecule has 1 fully saturated rings. The second-order valence-corrected chi connectivity index (χ2v) is 5.58. The van der Waals surface area contributed by atoms with Gasteiger partial charge in [0, 0.05) is 19.6 Å². The highest BCUT2D eigenvalue weighted by molar-refractivity contribution is 5.88. The molecule has 0 spiro atoms. The summed E-state index contributed by atoms with van der Waals surface area (Å²) in [5.74, 6) is -1.06. The lowest BCUT2D eigenvalue weighted by Gasteiger charge is -2.21. The van der Waals surface area contributed by atoms with Crippen molar-refractivity contribution in [2.24, 2.45) is 0 Å². The van der Waals surface area contributed by atoms with Gasteiger partial charge in [0.15, 0.2) is 0 Å². The summed E-state index contributed by atoms with van der Waals surface area (Å²) in [4.78, 5) is 36.4. The summed E-state index contributed by atoms with van der Waals surface area (Å²) < 4.78 is 0. The maximum absolute atomic E-state index is 12.1. The number of carbonyl (C=O) groups excluding carboxylic acids is 2. The van der Waals surface area contributed by atoms with Gasteiger partial charge in [-0.05, 0) is 37.5 Å². The summed E-state index contributed by atoms with van der Waals surface area (Å²) in [6, 6.07) is 5.26. The molecule has 3 amide bonds. The Morgan fingerprint density at radius 2 is 1.78 bits per heavy atom. The first kappa shape index (κ1) is 16.8. The predicted octanol–water partition coefficient (Wildman–Crippen LogP) is 1.19. The molecule has 0 aromatic heterocycles. The number of aromatic carboxylic acids is 1. The van der Waals surface area contributed by atoms with Crippen molar-refractivity contribution in [1.29, 1.82) is 0 Å². The first-order chi connectivity index (χ1) is 11.0. The minimum Gasteiger partial charge on any atom is -0.478 e. The zero-order chi connectivity index (χ0) is 16.8. The Hall–Kier alpha value is -2.57. The van der Waals surface area contributed by atoms with E-state index in [1.165, 1.54) is 12.1 Å². The molecule has 0 radical (unpaired) electrons. The van der Waals surface area contributed by atoms with Crippen LogP contribution >= 0.6 is 0 Å². The van der Waals surface area contributed by atoms with E-state index >= 15 is 0 Å². The zero-order valence-electron chi connectivity index (χ0n) is 13.0. The van der Waals surface area contributed by atoms with Crippen LogP contribution in [-0.4, -0.2) is 47.0 Å². The number of benzene rings is 1. The smallest absolute Gasteiger partial charge is 0.335 e. The first-order valence-corrected chi connectivity index (χ1v) is 7.63. The molecule has 1 aromatic carbocycles. The molecule has 1 heterocycles. The van der Waals surface area contributed by atoms with E-state index < -0.39 is 18.0 Å². The third kappa shape index (κ3) is 4.70. The molecule has 1 atom stereocenters. The van der Waals surface area contributed by atoms with Crippen LogP contribution in [0.5, 0.6) is 0 Å².